The molecule has 0 aromatic rings. The van der Waals surface area contributed by atoms with Crippen molar-refractivity contribution >= 4 is 5.97 Å². The van der Waals surface area contributed by atoms with Gasteiger partial charge in [-0.25, -0.2) is 4.79 Å². The van der Waals surface area contributed by atoms with Crippen LogP contribution in [0, 0.1) is 5.92 Å². The van der Waals surface area contributed by atoms with Crippen LogP contribution in [0.25, 0.3) is 0 Å². The number of hydrogen-bond acceptors (Lipinski definition) is 3. The number of esters is 1. The van der Waals surface area contributed by atoms with Crippen LogP contribution in [0.1, 0.15) is 20.3 Å². The molecule has 1 heterocycles. The third kappa shape index (κ3) is 2.03. The van der Waals surface area contributed by atoms with Crippen LogP contribution in [-0.4, -0.2) is 18.6 Å². The molecule has 1 aliphatic carbocycles. The van der Waals surface area contributed by atoms with Crippen LogP contribution in [0.4, 0.5) is 0 Å². The molecule has 0 aromatic heterocycles. The molecule has 3 heteroatoms. The van der Waals surface area contributed by atoms with E-state index in [4.69, 9.17) is 4.74 Å². The Morgan fingerprint density at radius 1 is 1.44 bits per heavy atom. The third-order valence-corrected chi connectivity index (χ3v) is 2.92. The lowest BCUT2D eigenvalue weighted by Gasteiger charge is -2.18. The quantitative estimate of drug-likeness (QED) is 0.737. The van der Waals surface area contributed by atoms with Gasteiger partial charge in [-0.2, -0.15) is 0 Å². The summed E-state index contributed by atoms with van der Waals surface area (Å²) >= 11 is 0. The second-order valence-electron chi connectivity index (χ2n) is 4.00. The zero-order chi connectivity index (χ0) is 11.5. The van der Waals surface area contributed by atoms with Crippen LogP contribution in [0.3, 0.4) is 0 Å². The van der Waals surface area contributed by atoms with Gasteiger partial charge < -0.3 is 10.1 Å². The predicted molar refractivity (Wildman–Crippen MR) is 62.6 cm³/mol. The van der Waals surface area contributed by atoms with Crippen LogP contribution in [-0.2, 0) is 9.53 Å². The smallest absolute Gasteiger partial charge is 0.354 e. The number of carbonyl (C=O) groups excluding carboxylic acids is 1. The molecule has 2 atom stereocenters. The lowest BCUT2D eigenvalue weighted by Crippen LogP contribution is -2.29. The zero-order valence-corrected chi connectivity index (χ0v) is 9.69. The van der Waals surface area contributed by atoms with Crippen molar-refractivity contribution in [2.45, 2.75) is 26.3 Å². The summed E-state index contributed by atoms with van der Waals surface area (Å²) in [5.41, 5.74) is 1.92. The Balaban J connectivity index is 2.10. The fourth-order valence-corrected chi connectivity index (χ4v) is 2.05. The summed E-state index contributed by atoms with van der Waals surface area (Å²) in [6.45, 7) is 4.36. The molecule has 1 N–H and O–H groups in total. The Hall–Kier alpha value is -1.51. The third-order valence-electron chi connectivity index (χ3n) is 2.92. The van der Waals surface area contributed by atoms with Gasteiger partial charge in [0.2, 0.25) is 0 Å². The molecule has 3 nitrogen and oxygen atoms in total. The molecule has 0 saturated heterocycles. The Kier molecular flexibility index (Phi) is 3.13. The van der Waals surface area contributed by atoms with E-state index in [1.807, 2.05) is 13.0 Å². The van der Waals surface area contributed by atoms with Crippen molar-refractivity contribution in [2.75, 3.05) is 6.61 Å². The van der Waals surface area contributed by atoms with Crippen LogP contribution in [0.2, 0.25) is 0 Å². The first-order valence-corrected chi connectivity index (χ1v) is 5.79. The molecule has 1 aliphatic heterocycles. The first kappa shape index (κ1) is 11.0. The molecule has 2 unspecified atom stereocenters. The van der Waals surface area contributed by atoms with Crippen LogP contribution < -0.4 is 5.32 Å². The van der Waals surface area contributed by atoms with E-state index in [0.29, 0.717) is 18.2 Å². The lowest BCUT2D eigenvalue weighted by molar-refractivity contribution is -0.138. The van der Waals surface area contributed by atoms with E-state index >= 15 is 0 Å². The molecule has 2 rings (SSSR count). The summed E-state index contributed by atoms with van der Waals surface area (Å²) in [5.74, 6) is 0.0381. The standard InChI is InChI=1S/C13H17NO2/c1-3-9-5-6-11-10(7-9)8-12(14-11)13(15)16-4-2/h5-8,10-11,14H,3-4H2,1-2H3. The number of nitrogens with one attached hydrogen (secondary N) is 1. The van der Waals surface area contributed by atoms with Gasteiger partial charge in [-0.05, 0) is 19.4 Å². The first-order valence-electron chi connectivity index (χ1n) is 5.79. The molecule has 0 fully saturated rings. The van der Waals surface area contributed by atoms with Crippen molar-refractivity contribution in [3.8, 4) is 0 Å². The zero-order valence-electron chi connectivity index (χ0n) is 9.69. The number of allylic oxidation sites excluding steroid dienone is 2. The fraction of sp³-hybridized carbons (Fsp3) is 0.462. The van der Waals surface area contributed by atoms with Crippen molar-refractivity contribution in [2.24, 2.45) is 5.92 Å². The summed E-state index contributed by atoms with van der Waals surface area (Å²) in [7, 11) is 0. The summed E-state index contributed by atoms with van der Waals surface area (Å²) in [6, 6.07) is 0.217. The average Bonchev–Trinajstić information content (AvgIpc) is 2.71. The van der Waals surface area contributed by atoms with Crippen LogP contribution >= 0.6 is 0 Å². The molecule has 0 radical (unpaired) electrons. The van der Waals surface area contributed by atoms with Crippen molar-refractivity contribution < 1.29 is 9.53 Å². The van der Waals surface area contributed by atoms with Gasteiger partial charge in [-0.15, -0.1) is 0 Å². The number of rotatable bonds is 3. The van der Waals surface area contributed by atoms with E-state index in [9.17, 15) is 4.79 Å². The normalized spacial score (nSPS) is 26.6. The van der Waals surface area contributed by atoms with Gasteiger partial charge in [0.25, 0.3) is 0 Å². The molecule has 0 spiro atoms. The minimum absolute atomic E-state index is 0.217. The summed E-state index contributed by atoms with van der Waals surface area (Å²) < 4.78 is 4.97. The Bertz CT molecular complexity index is 379. The number of ether oxygens (including phenoxy) is 1. The Morgan fingerprint density at radius 2 is 2.25 bits per heavy atom. The highest BCUT2D eigenvalue weighted by Crippen LogP contribution is 2.26. The lowest BCUT2D eigenvalue weighted by atomic mass is 9.92. The highest BCUT2D eigenvalue weighted by molar-refractivity contribution is 5.88. The molecule has 0 bridgehead atoms. The van der Waals surface area contributed by atoms with E-state index in [1.54, 1.807) is 0 Å². The SMILES string of the molecule is CCOC(=O)C1=CC2C=C(CC)C=CC2N1. The molecule has 0 amide bonds. The Labute approximate surface area is 95.9 Å². The highest BCUT2D eigenvalue weighted by Gasteiger charge is 2.29. The molecular weight excluding hydrogens is 202 g/mol. The Morgan fingerprint density at radius 3 is 2.94 bits per heavy atom. The van der Waals surface area contributed by atoms with Gasteiger partial charge in [0.05, 0.1) is 12.6 Å². The second-order valence-corrected chi connectivity index (χ2v) is 4.00. The van der Waals surface area contributed by atoms with E-state index in [-0.39, 0.29) is 12.0 Å². The second kappa shape index (κ2) is 4.56. The minimum atomic E-state index is -0.253. The number of carbonyl (C=O) groups is 1. The summed E-state index contributed by atoms with van der Waals surface area (Å²) in [5, 5.41) is 3.18. The summed E-state index contributed by atoms with van der Waals surface area (Å²) in [4.78, 5) is 11.5. The van der Waals surface area contributed by atoms with E-state index in [0.717, 1.165) is 6.42 Å². The van der Waals surface area contributed by atoms with E-state index < -0.39 is 0 Å². The maximum atomic E-state index is 11.5. The monoisotopic (exact) mass is 219 g/mol. The van der Waals surface area contributed by atoms with Crippen molar-refractivity contribution in [3.05, 3.63) is 35.6 Å². The molecule has 2 aliphatic rings. The first-order chi connectivity index (χ1) is 7.74. The van der Waals surface area contributed by atoms with Gasteiger partial charge in [0.1, 0.15) is 5.70 Å². The maximum absolute atomic E-state index is 11.5. The predicted octanol–water partition coefficient (Wildman–Crippen LogP) is 1.93. The van der Waals surface area contributed by atoms with Crippen molar-refractivity contribution in [1.82, 2.24) is 5.32 Å². The molecular formula is C13H17NO2. The van der Waals surface area contributed by atoms with Crippen molar-refractivity contribution in [3.63, 3.8) is 0 Å². The number of fused-ring (bicyclic) bond motifs is 1. The van der Waals surface area contributed by atoms with Crippen LogP contribution in [0.15, 0.2) is 35.6 Å². The average molecular weight is 219 g/mol. The van der Waals surface area contributed by atoms with Crippen molar-refractivity contribution in [1.29, 1.82) is 0 Å². The molecule has 0 aromatic carbocycles. The fourth-order valence-electron chi connectivity index (χ4n) is 2.05. The topological polar surface area (TPSA) is 38.3 Å². The molecule has 0 saturated carbocycles. The maximum Gasteiger partial charge on any atom is 0.354 e. The van der Waals surface area contributed by atoms with Gasteiger partial charge in [-0.3, -0.25) is 0 Å². The van der Waals surface area contributed by atoms with Crippen LogP contribution in [0.5, 0.6) is 0 Å². The van der Waals surface area contributed by atoms with Gasteiger partial charge in [-0.1, -0.05) is 30.7 Å². The minimum Gasteiger partial charge on any atom is -0.461 e. The van der Waals surface area contributed by atoms with Gasteiger partial charge in [0, 0.05) is 5.92 Å². The van der Waals surface area contributed by atoms with Gasteiger partial charge in [0.15, 0.2) is 0 Å². The molecule has 86 valence electrons. The van der Waals surface area contributed by atoms with Gasteiger partial charge >= 0.3 is 5.97 Å². The summed E-state index contributed by atoms with van der Waals surface area (Å²) in [6.07, 6.45) is 9.44. The molecule has 16 heavy (non-hydrogen) atoms. The van der Waals surface area contributed by atoms with E-state index in [2.05, 4.69) is 30.5 Å². The largest absolute Gasteiger partial charge is 0.461 e. The number of hydrogen-bond donors (Lipinski definition) is 1. The van der Waals surface area contributed by atoms with E-state index in [1.165, 1.54) is 5.57 Å². The highest BCUT2D eigenvalue weighted by atomic mass is 16.5.